The van der Waals surface area contributed by atoms with Gasteiger partial charge in [-0.2, -0.15) is 0 Å². The van der Waals surface area contributed by atoms with Crippen molar-refractivity contribution < 1.29 is 14.1 Å². The number of H-pyrrole nitrogens is 1. The van der Waals surface area contributed by atoms with Crippen molar-refractivity contribution >= 4 is 39.5 Å². The van der Waals surface area contributed by atoms with Crippen molar-refractivity contribution in [2.45, 2.75) is 19.5 Å². The number of carbonyl (C=O) groups excluding carboxylic acids is 1. The number of aromatic amines is 1. The molecule has 220 valence electrons. The van der Waals surface area contributed by atoms with Crippen molar-refractivity contribution in [1.82, 2.24) is 19.8 Å². The number of nitrogens with zero attached hydrogens (tertiary/aromatic N) is 5. The Hall–Kier alpha value is -4.61. The summed E-state index contributed by atoms with van der Waals surface area (Å²) in [7, 11) is 0. The van der Waals surface area contributed by atoms with Crippen LogP contribution in [0.4, 0.5) is 15.8 Å². The fraction of sp³-hybridized carbons (Fsp3) is 0.250. The Morgan fingerprint density at radius 2 is 1.74 bits per heavy atom. The molecule has 3 aromatic carbocycles. The van der Waals surface area contributed by atoms with E-state index in [4.69, 9.17) is 4.98 Å². The first kappa shape index (κ1) is 28.5. The van der Waals surface area contributed by atoms with Crippen LogP contribution in [0.1, 0.15) is 26.6 Å². The van der Waals surface area contributed by atoms with Crippen LogP contribution in [-0.4, -0.2) is 63.3 Å². The number of piperazine rings is 1. The second kappa shape index (κ2) is 12.7. The Bertz CT molecular complexity index is 1710. The Kier molecular flexibility index (Phi) is 8.43. The summed E-state index contributed by atoms with van der Waals surface area (Å²) in [5, 5.41) is 14.8. The van der Waals surface area contributed by atoms with Gasteiger partial charge in [-0.3, -0.25) is 19.8 Å². The molecule has 0 unspecified atom stereocenters. The number of rotatable bonds is 10. The number of thiazole rings is 1. The lowest BCUT2D eigenvalue weighted by Gasteiger charge is -2.35. The van der Waals surface area contributed by atoms with Gasteiger partial charge >= 0.3 is 0 Å². The lowest BCUT2D eigenvalue weighted by Crippen LogP contribution is -2.48. The van der Waals surface area contributed by atoms with E-state index in [1.165, 1.54) is 46.6 Å². The zero-order chi connectivity index (χ0) is 29.8. The topological polar surface area (TPSA) is 98.6 Å². The summed E-state index contributed by atoms with van der Waals surface area (Å²) >= 11 is 1.48. The number of benzene rings is 3. The largest absolute Gasteiger partial charge is 0.368 e. The molecule has 9 nitrogen and oxygen atoms in total. The molecule has 0 aliphatic carbocycles. The smallest absolute Gasteiger partial charge is 0.273 e. The molecule has 11 heteroatoms. The zero-order valence-electron chi connectivity index (χ0n) is 23.5. The van der Waals surface area contributed by atoms with E-state index in [1.54, 1.807) is 24.3 Å². The summed E-state index contributed by atoms with van der Waals surface area (Å²) < 4.78 is 13.5. The SMILES string of the molecule is O=C(c1csc(CN(CCc2c[nH]c3ccccc23)Cc2ccc(F)cc2)n1)N1CCN(c2ccc([N+](=O)[O-])cc2)CC1. The monoisotopic (exact) mass is 598 g/mol. The molecule has 0 spiro atoms. The minimum atomic E-state index is -0.408. The van der Waals surface area contributed by atoms with Gasteiger partial charge in [0.2, 0.25) is 0 Å². The minimum Gasteiger partial charge on any atom is -0.368 e. The molecule has 1 amide bonds. The average Bonchev–Trinajstić information content (AvgIpc) is 3.68. The van der Waals surface area contributed by atoms with Crippen molar-refractivity contribution in [2.75, 3.05) is 37.6 Å². The highest BCUT2D eigenvalue weighted by molar-refractivity contribution is 7.09. The summed E-state index contributed by atoms with van der Waals surface area (Å²) in [6, 6.07) is 21.3. The number of nitro groups is 1. The van der Waals surface area contributed by atoms with Gasteiger partial charge in [0.05, 0.1) is 11.5 Å². The average molecular weight is 599 g/mol. The number of nitrogens with one attached hydrogen (secondary N) is 1. The predicted octanol–water partition coefficient (Wildman–Crippen LogP) is 5.88. The van der Waals surface area contributed by atoms with Crippen LogP contribution in [-0.2, 0) is 19.5 Å². The third-order valence-electron chi connectivity index (χ3n) is 7.81. The van der Waals surface area contributed by atoms with Crippen LogP contribution in [0.15, 0.2) is 84.4 Å². The second-order valence-corrected chi connectivity index (χ2v) is 11.6. The molecule has 5 aromatic rings. The van der Waals surface area contributed by atoms with Gasteiger partial charge in [0.1, 0.15) is 16.5 Å². The zero-order valence-corrected chi connectivity index (χ0v) is 24.3. The normalized spacial score (nSPS) is 13.6. The summed E-state index contributed by atoms with van der Waals surface area (Å²) in [5.74, 6) is -0.347. The van der Waals surface area contributed by atoms with Crippen molar-refractivity contribution in [3.05, 3.63) is 122 Å². The number of aromatic nitrogens is 2. The van der Waals surface area contributed by atoms with Crippen LogP contribution in [0.25, 0.3) is 10.9 Å². The van der Waals surface area contributed by atoms with Gasteiger partial charge in [-0.25, -0.2) is 9.37 Å². The van der Waals surface area contributed by atoms with Crippen molar-refractivity contribution in [1.29, 1.82) is 0 Å². The molecule has 1 aliphatic heterocycles. The van der Waals surface area contributed by atoms with Crippen molar-refractivity contribution in [3.8, 4) is 0 Å². The molecule has 3 heterocycles. The Balaban J connectivity index is 1.09. The molecular formula is C32H31FN6O3S. The number of anilines is 1. The maximum Gasteiger partial charge on any atom is 0.273 e. The molecule has 0 saturated carbocycles. The predicted molar refractivity (Wildman–Crippen MR) is 166 cm³/mol. The molecule has 6 rings (SSSR count). The van der Waals surface area contributed by atoms with Gasteiger partial charge < -0.3 is 14.8 Å². The molecule has 1 fully saturated rings. The van der Waals surface area contributed by atoms with Crippen molar-refractivity contribution in [3.63, 3.8) is 0 Å². The van der Waals surface area contributed by atoms with Crippen LogP contribution < -0.4 is 4.90 Å². The number of hydrogen-bond donors (Lipinski definition) is 1. The molecule has 2 aromatic heterocycles. The molecular weight excluding hydrogens is 567 g/mol. The number of para-hydroxylation sites is 1. The third kappa shape index (κ3) is 6.73. The fourth-order valence-corrected chi connectivity index (χ4v) is 6.28. The molecule has 0 radical (unpaired) electrons. The summed E-state index contributed by atoms with van der Waals surface area (Å²) in [6.45, 7) is 4.35. The molecule has 0 atom stereocenters. The van der Waals surface area contributed by atoms with E-state index in [1.807, 2.05) is 22.4 Å². The number of hydrogen-bond acceptors (Lipinski definition) is 7. The molecule has 1 aliphatic rings. The van der Waals surface area contributed by atoms with Crippen LogP contribution >= 0.6 is 11.3 Å². The first-order valence-corrected chi connectivity index (χ1v) is 15.1. The number of halogens is 1. The van der Waals surface area contributed by atoms with Gasteiger partial charge in [-0.15, -0.1) is 11.3 Å². The first-order valence-electron chi connectivity index (χ1n) is 14.2. The summed E-state index contributed by atoms with van der Waals surface area (Å²) in [4.78, 5) is 38.1. The fourth-order valence-electron chi connectivity index (χ4n) is 5.47. The van der Waals surface area contributed by atoms with E-state index < -0.39 is 4.92 Å². The number of nitro benzene ring substituents is 1. The standard InChI is InChI=1S/C32H31FN6O3S/c33-25-7-5-23(6-8-25)20-36(14-13-24-19-34-29-4-2-1-3-28(24)29)21-31-35-30(22-43-31)32(40)38-17-15-37(16-18-38)26-9-11-27(12-10-26)39(41)42/h1-12,19,22,34H,13-18,20-21H2. The van der Waals surface area contributed by atoms with E-state index >= 15 is 0 Å². The Morgan fingerprint density at radius 3 is 2.49 bits per heavy atom. The highest BCUT2D eigenvalue weighted by Crippen LogP contribution is 2.23. The molecule has 1 N–H and O–H groups in total. The Labute approximate surface area is 252 Å². The molecule has 43 heavy (non-hydrogen) atoms. The highest BCUT2D eigenvalue weighted by Gasteiger charge is 2.25. The van der Waals surface area contributed by atoms with Crippen LogP contribution in [0.5, 0.6) is 0 Å². The van der Waals surface area contributed by atoms with Crippen LogP contribution in [0.3, 0.4) is 0 Å². The minimum absolute atomic E-state index is 0.0612. The van der Waals surface area contributed by atoms with Gasteiger partial charge in [-0.05, 0) is 47.9 Å². The van der Waals surface area contributed by atoms with E-state index in [9.17, 15) is 19.3 Å². The van der Waals surface area contributed by atoms with Gasteiger partial charge in [0.25, 0.3) is 11.6 Å². The summed E-state index contributed by atoms with van der Waals surface area (Å²) in [5.41, 5.74) is 4.77. The third-order valence-corrected chi connectivity index (χ3v) is 8.65. The summed E-state index contributed by atoms with van der Waals surface area (Å²) in [6.07, 6.45) is 2.89. The van der Waals surface area contributed by atoms with Gasteiger partial charge in [-0.1, -0.05) is 30.3 Å². The van der Waals surface area contributed by atoms with E-state index in [0.29, 0.717) is 45.0 Å². The Morgan fingerprint density at radius 1 is 1.00 bits per heavy atom. The first-order chi connectivity index (χ1) is 20.9. The van der Waals surface area contributed by atoms with Gasteiger partial charge in [0.15, 0.2) is 0 Å². The number of fused-ring (bicyclic) bond motifs is 1. The van der Waals surface area contributed by atoms with E-state index in [0.717, 1.165) is 34.7 Å². The maximum absolute atomic E-state index is 13.5. The number of amides is 1. The van der Waals surface area contributed by atoms with E-state index in [2.05, 4.69) is 33.1 Å². The molecule has 0 bridgehead atoms. The lowest BCUT2D eigenvalue weighted by atomic mass is 10.1. The van der Waals surface area contributed by atoms with Crippen LogP contribution in [0.2, 0.25) is 0 Å². The van der Waals surface area contributed by atoms with Crippen molar-refractivity contribution in [2.24, 2.45) is 0 Å². The second-order valence-electron chi connectivity index (χ2n) is 10.6. The number of non-ortho nitro benzene ring substituents is 1. The van der Waals surface area contributed by atoms with Crippen LogP contribution in [0, 0.1) is 15.9 Å². The quantitative estimate of drug-likeness (QED) is 0.159. The molecule has 1 saturated heterocycles. The highest BCUT2D eigenvalue weighted by atomic mass is 32.1. The van der Waals surface area contributed by atoms with Gasteiger partial charge in [0, 0.05) is 79.6 Å². The number of carbonyl (C=O) groups is 1. The lowest BCUT2D eigenvalue weighted by molar-refractivity contribution is -0.384. The maximum atomic E-state index is 13.5. The van der Waals surface area contributed by atoms with E-state index in [-0.39, 0.29) is 17.4 Å².